The maximum absolute atomic E-state index is 13.1. The lowest BCUT2D eigenvalue weighted by Crippen LogP contribution is -2.40. The standard InChI is InChI=1S/C25H34N4O3S/c1-19-23(33-24(27-19)21-6-3-2-4-7-21)25(31)29-12-8-20(9-13-29)18-22(30)26-10-5-11-28-14-16-32-17-15-28/h2-4,6-7,20H,5,8-18H2,1H3,(H,26,30). The van der Waals surface area contributed by atoms with Crippen molar-refractivity contribution < 1.29 is 14.3 Å². The Labute approximate surface area is 200 Å². The summed E-state index contributed by atoms with van der Waals surface area (Å²) in [6.45, 7) is 8.63. The van der Waals surface area contributed by atoms with Gasteiger partial charge in [-0.3, -0.25) is 14.5 Å². The molecule has 0 spiro atoms. The van der Waals surface area contributed by atoms with E-state index in [2.05, 4.69) is 15.2 Å². The summed E-state index contributed by atoms with van der Waals surface area (Å²) in [6.07, 6.45) is 3.27. The summed E-state index contributed by atoms with van der Waals surface area (Å²) in [5.74, 6) is 0.543. The second-order valence-corrected chi connectivity index (χ2v) is 9.90. The van der Waals surface area contributed by atoms with Gasteiger partial charge in [0, 0.05) is 44.7 Å². The fourth-order valence-corrected chi connectivity index (χ4v) is 5.51. The number of ether oxygens (including phenoxy) is 1. The number of hydrogen-bond donors (Lipinski definition) is 1. The highest BCUT2D eigenvalue weighted by atomic mass is 32.1. The Kier molecular flexibility index (Phi) is 8.47. The summed E-state index contributed by atoms with van der Waals surface area (Å²) >= 11 is 1.47. The van der Waals surface area contributed by atoms with E-state index in [0.29, 0.717) is 25.4 Å². The van der Waals surface area contributed by atoms with Crippen molar-refractivity contribution in [2.45, 2.75) is 32.6 Å². The number of amides is 2. The highest BCUT2D eigenvalue weighted by Gasteiger charge is 2.27. The molecule has 33 heavy (non-hydrogen) atoms. The van der Waals surface area contributed by atoms with Crippen molar-refractivity contribution in [3.8, 4) is 10.6 Å². The van der Waals surface area contributed by atoms with E-state index < -0.39 is 0 Å². The van der Waals surface area contributed by atoms with Gasteiger partial charge in [-0.1, -0.05) is 30.3 Å². The Hall–Kier alpha value is -2.29. The van der Waals surface area contributed by atoms with Crippen LogP contribution in [0.4, 0.5) is 0 Å². The van der Waals surface area contributed by atoms with Gasteiger partial charge in [0.15, 0.2) is 0 Å². The molecule has 0 saturated carbocycles. The second kappa shape index (κ2) is 11.7. The van der Waals surface area contributed by atoms with Crippen molar-refractivity contribution in [3.63, 3.8) is 0 Å². The van der Waals surface area contributed by atoms with Crippen molar-refractivity contribution in [3.05, 3.63) is 40.9 Å². The molecule has 0 unspecified atom stereocenters. The van der Waals surface area contributed by atoms with Gasteiger partial charge in [0.25, 0.3) is 5.91 Å². The Morgan fingerprint density at radius 1 is 1.12 bits per heavy atom. The molecule has 1 aromatic heterocycles. The molecule has 2 saturated heterocycles. The normalized spacial score (nSPS) is 17.8. The number of aryl methyl sites for hydroxylation is 1. The zero-order chi connectivity index (χ0) is 23.0. The molecule has 3 heterocycles. The number of likely N-dealkylation sites (tertiary alicyclic amines) is 1. The number of thiazole rings is 1. The van der Waals surface area contributed by atoms with Gasteiger partial charge < -0.3 is 15.0 Å². The molecule has 178 valence electrons. The molecule has 2 fully saturated rings. The molecule has 0 aliphatic carbocycles. The summed E-state index contributed by atoms with van der Waals surface area (Å²) < 4.78 is 5.36. The first-order chi connectivity index (χ1) is 16.1. The SMILES string of the molecule is Cc1nc(-c2ccccc2)sc1C(=O)N1CCC(CC(=O)NCCCN2CCOCC2)CC1. The predicted molar refractivity (Wildman–Crippen MR) is 130 cm³/mol. The third-order valence-electron chi connectivity index (χ3n) is 6.46. The number of carbonyl (C=O) groups is 2. The van der Waals surface area contributed by atoms with E-state index in [4.69, 9.17) is 4.74 Å². The van der Waals surface area contributed by atoms with Gasteiger partial charge in [0.2, 0.25) is 5.91 Å². The molecular formula is C25H34N4O3S. The van der Waals surface area contributed by atoms with Crippen LogP contribution in [0, 0.1) is 12.8 Å². The van der Waals surface area contributed by atoms with Gasteiger partial charge in [-0.05, 0) is 38.6 Å². The Morgan fingerprint density at radius 3 is 2.58 bits per heavy atom. The summed E-state index contributed by atoms with van der Waals surface area (Å²) in [6, 6.07) is 9.99. The maximum atomic E-state index is 13.1. The van der Waals surface area contributed by atoms with Crippen molar-refractivity contribution >= 4 is 23.2 Å². The summed E-state index contributed by atoms with van der Waals surface area (Å²) in [5.41, 5.74) is 1.83. The van der Waals surface area contributed by atoms with Gasteiger partial charge in [0.05, 0.1) is 18.9 Å². The largest absolute Gasteiger partial charge is 0.379 e. The van der Waals surface area contributed by atoms with Crippen LogP contribution >= 0.6 is 11.3 Å². The molecule has 7 nitrogen and oxygen atoms in total. The van der Waals surface area contributed by atoms with Crippen LogP contribution in [-0.2, 0) is 9.53 Å². The molecule has 2 amide bonds. The molecular weight excluding hydrogens is 436 g/mol. The number of aromatic nitrogens is 1. The van der Waals surface area contributed by atoms with Gasteiger partial charge in [-0.25, -0.2) is 4.98 Å². The van der Waals surface area contributed by atoms with E-state index in [9.17, 15) is 9.59 Å². The quantitative estimate of drug-likeness (QED) is 0.600. The van der Waals surface area contributed by atoms with E-state index >= 15 is 0 Å². The van der Waals surface area contributed by atoms with Crippen LogP contribution in [0.2, 0.25) is 0 Å². The van der Waals surface area contributed by atoms with E-state index in [-0.39, 0.29) is 11.8 Å². The highest BCUT2D eigenvalue weighted by Crippen LogP contribution is 2.30. The zero-order valence-electron chi connectivity index (χ0n) is 19.4. The molecule has 8 heteroatoms. The number of carbonyl (C=O) groups excluding carboxylic acids is 2. The van der Waals surface area contributed by atoms with E-state index in [1.165, 1.54) is 11.3 Å². The van der Waals surface area contributed by atoms with Crippen molar-refractivity contribution in [2.24, 2.45) is 5.92 Å². The molecule has 0 atom stereocenters. The lowest BCUT2D eigenvalue weighted by Gasteiger charge is -2.31. The number of rotatable bonds is 8. The van der Waals surface area contributed by atoms with Crippen LogP contribution in [0.1, 0.15) is 41.0 Å². The van der Waals surface area contributed by atoms with Crippen molar-refractivity contribution in [1.82, 2.24) is 20.1 Å². The van der Waals surface area contributed by atoms with Crippen molar-refractivity contribution in [1.29, 1.82) is 0 Å². The monoisotopic (exact) mass is 470 g/mol. The van der Waals surface area contributed by atoms with Crippen molar-refractivity contribution in [2.75, 3.05) is 52.5 Å². The number of nitrogens with one attached hydrogen (secondary N) is 1. The Bertz CT molecular complexity index is 919. The van der Waals surface area contributed by atoms with E-state index in [1.54, 1.807) is 0 Å². The molecule has 2 aromatic rings. The van der Waals surface area contributed by atoms with Crippen LogP contribution in [-0.4, -0.2) is 79.1 Å². The molecule has 1 aromatic carbocycles. The van der Waals surface area contributed by atoms with Crippen LogP contribution in [0.25, 0.3) is 10.6 Å². The molecule has 2 aliphatic heterocycles. The van der Waals surface area contributed by atoms with Gasteiger partial charge in [0.1, 0.15) is 9.88 Å². The highest BCUT2D eigenvalue weighted by molar-refractivity contribution is 7.17. The molecule has 0 radical (unpaired) electrons. The average molecular weight is 471 g/mol. The maximum Gasteiger partial charge on any atom is 0.265 e. The summed E-state index contributed by atoms with van der Waals surface area (Å²) in [4.78, 5) is 35.1. The third kappa shape index (κ3) is 6.62. The Balaban J connectivity index is 1.18. The number of morpholine rings is 1. The lowest BCUT2D eigenvalue weighted by atomic mass is 9.93. The number of nitrogens with zero attached hydrogens (tertiary/aromatic N) is 3. The third-order valence-corrected chi connectivity index (χ3v) is 7.66. The Morgan fingerprint density at radius 2 is 1.85 bits per heavy atom. The van der Waals surface area contributed by atoms with Crippen LogP contribution in [0.5, 0.6) is 0 Å². The fourth-order valence-electron chi connectivity index (χ4n) is 4.47. The summed E-state index contributed by atoms with van der Waals surface area (Å²) in [7, 11) is 0. The van der Waals surface area contributed by atoms with Crippen LogP contribution < -0.4 is 5.32 Å². The molecule has 4 rings (SSSR count). The van der Waals surface area contributed by atoms with Gasteiger partial charge in [-0.2, -0.15) is 0 Å². The van der Waals surface area contributed by atoms with Crippen LogP contribution in [0.3, 0.4) is 0 Å². The molecule has 1 N–H and O–H groups in total. The first kappa shape index (κ1) is 23.9. The summed E-state index contributed by atoms with van der Waals surface area (Å²) in [5, 5.41) is 3.96. The van der Waals surface area contributed by atoms with Gasteiger partial charge >= 0.3 is 0 Å². The van der Waals surface area contributed by atoms with Gasteiger partial charge in [-0.15, -0.1) is 11.3 Å². The first-order valence-corrected chi connectivity index (χ1v) is 12.8. The smallest absolute Gasteiger partial charge is 0.265 e. The number of benzene rings is 1. The molecule has 0 bridgehead atoms. The van der Waals surface area contributed by atoms with Crippen LogP contribution in [0.15, 0.2) is 30.3 Å². The first-order valence-electron chi connectivity index (χ1n) is 12.0. The van der Waals surface area contributed by atoms with E-state index in [0.717, 1.165) is 79.8 Å². The fraction of sp³-hybridized carbons (Fsp3) is 0.560. The predicted octanol–water partition coefficient (Wildman–Crippen LogP) is 3.20. The minimum Gasteiger partial charge on any atom is -0.379 e. The second-order valence-electron chi connectivity index (χ2n) is 8.90. The lowest BCUT2D eigenvalue weighted by molar-refractivity contribution is -0.122. The topological polar surface area (TPSA) is 74.8 Å². The minimum absolute atomic E-state index is 0.0678. The molecule has 2 aliphatic rings. The minimum atomic E-state index is 0.0678. The van der Waals surface area contributed by atoms with E-state index in [1.807, 2.05) is 42.2 Å². The number of piperidine rings is 1. The number of hydrogen-bond acceptors (Lipinski definition) is 6. The zero-order valence-corrected chi connectivity index (χ0v) is 20.2. The average Bonchev–Trinajstić information content (AvgIpc) is 3.25.